The summed E-state index contributed by atoms with van der Waals surface area (Å²) in [4.78, 5) is 41.2. The van der Waals surface area contributed by atoms with Gasteiger partial charge in [-0.3, -0.25) is 14.4 Å². The molecule has 1 aliphatic carbocycles. The lowest BCUT2D eigenvalue weighted by Gasteiger charge is -2.30. The van der Waals surface area contributed by atoms with Gasteiger partial charge in [0.2, 0.25) is 11.5 Å². The van der Waals surface area contributed by atoms with Crippen LogP contribution in [-0.2, 0) is 30.6 Å². The maximum absolute atomic E-state index is 13.2. The van der Waals surface area contributed by atoms with Crippen LogP contribution < -0.4 is 10.9 Å². The Balaban J connectivity index is 1.62. The quantitative estimate of drug-likeness (QED) is 0.857. The van der Waals surface area contributed by atoms with Crippen molar-refractivity contribution in [1.82, 2.24) is 9.88 Å². The molecular formula is C21H23N3O3. The summed E-state index contributed by atoms with van der Waals surface area (Å²) in [6.45, 7) is 2.60. The molecule has 6 heteroatoms. The number of carbonyl (C=O) groups is 2. The Hall–Kier alpha value is -2.89. The fourth-order valence-electron chi connectivity index (χ4n) is 4.12. The van der Waals surface area contributed by atoms with Crippen LogP contribution in [-0.4, -0.2) is 28.2 Å². The Bertz CT molecular complexity index is 977. The summed E-state index contributed by atoms with van der Waals surface area (Å²) in [7, 11) is 0. The Morgan fingerprint density at radius 2 is 1.89 bits per heavy atom. The SMILES string of the molecule is CC(=O)Nc1ccc2c(c1)CN(C(=O)c1cc(=O)[nH]c3c1CCCC3)CC2. The molecule has 0 spiro atoms. The minimum absolute atomic E-state index is 0.0742. The van der Waals surface area contributed by atoms with Gasteiger partial charge in [-0.25, -0.2) is 0 Å². The molecule has 27 heavy (non-hydrogen) atoms. The van der Waals surface area contributed by atoms with Crippen LogP contribution in [0.1, 0.15) is 52.5 Å². The maximum Gasteiger partial charge on any atom is 0.254 e. The molecule has 2 amide bonds. The van der Waals surface area contributed by atoms with Crippen LogP contribution in [0.3, 0.4) is 0 Å². The number of amides is 2. The largest absolute Gasteiger partial charge is 0.334 e. The van der Waals surface area contributed by atoms with E-state index < -0.39 is 0 Å². The predicted octanol–water partition coefficient (Wildman–Crippen LogP) is 2.41. The van der Waals surface area contributed by atoms with Gasteiger partial charge in [-0.1, -0.05) is 6.07 Å². The number of hydrogen-bond donors (Lipinski definition) is 2. The molecule has 2 N–H and O–H groups in total. The Morgan fingerprint density at radius 3 is 2.70 bits per heavy atom. The highest BCUT2D eigenvalue weighted by atomic mass is 16.2. The van der Waals surface area contributed by atoms with E-state index in [9.17, 15) is 14.4 Å². The number of H-pyrrole nitrogens is 1. The molecule has 0 atom stereocenters. The molecule has 1 aromatic heterocycles. The van der Waals surface area contributed by atoms with Crippen LogP contribution in [0.4, 0.5) is 5.69 Å². The topological polar surface area (TPSA) is 82.3 Å². The summed E-state index contributed by atoms with van der Waals surface area (Å²) in [6, 6.07) is 7.29. The van der Waals surface area contributed by atoms with Crippen LogP contribution in [0.5, 0.6) is 0 Å². The van der Waals surface area contributed by atoms with Gasteiger partial charge >= 0.3 is 0 Å². The molecule has 0 saturated heterocycles. The van der Waals surface area contributed by atoms with Gasteiger partial charge in [-0.05, 0) is 60.9 Å². The van der Waals surface area contributed by atoms with E-state index in [-0.39, 0.29) is 17.4 Å². The number of aryl methyl sites for hydroxylation is 1. The van der Waals surface area contributed by atoms with Crippen molar-refractivity contribution in [2.24, 2.45) is 0 Å². The Morgan fingerprint density at radius 1 is 1.07 bits per heavy atom. The number of benzene rings is 1. The van der Waals surface area contributed by atoms with Gasteiger partial charge in [0.25, 0.3) is 5.91 Å². The van der Waals surface area contributed by atoms with E-state index in [1.54, 1.807) is 0 Å². The predicted molar refractivity (Wildman–Crippen MR) is 103 cm³/mol. The monoisotopic (exact) mass is 365 g/mol. The Kier molecular flexibility index (Phi) is 4.56. The number of rotatable bonds is 2. The van der Waals surface area contributed by atoms with Gasteiger partial charge in [0.05, 0.1) is 0 Å². The molecule has 4 rings (SSSR count). The standard InChI is InChI=1S/C21H23N3O3/c1-13(25)22-16-7-6-14-8-9-24(12-15(14)10-16)21(27)18-11-20(26)23-19-5-3-2-4-17(18)19/h6-7,10-11H,2-5,8-9,12H2,1H3,(H,22,25)(H,23,26). The number of nitrogens with one attached hydrogen (secondary N) is 2. The van der Waals surface area contributed by atoms with Gasteiger partial charge in [0, 0.05) is 43.0 Å². The minimum Gasteiger partial charge on any atom is -0.334 e. The zero-order chi connectivity index (χ0) is 19.0. The van der Waals surface area contributed by atoms with E-state index in [1.165, 1.54) is 18.6 Å². The van der Waals surface area contributed by atoms with Gasteiger partial charge in [0.1, 0.15) is 0 Å². The molecule has 2 heterocycles. The van der Waals surface area contributed by atoms with E-state index in [0.29, 0.717) is 18.7 Å². The summed E-state index contributed by atoms with van der Waals surface area (Å²) < 4.78 is 0. The van der Waals surface area contributed by atoms with E-state index in [4.69, 9.17) is 0 Å². The first-order valence-electron chi connectivity index (χ1n) is 9.45. The first-order valence-corrected chi connectivity index (χ1v) is 9.45. The summed E-state index contributed by atoms with van der Waals surface area (Å²) >= 11 is 0. The van der Waals surface area contributed by atoms with E-state index in [0.717, 1.165) is 54.6 Å². The van der Waals surface area contributed by atoms with Crippen LogP contribution in [0, 0.1) is 0 Å². The summed E-state index contributed by atoms with van der Waals surface area (Å²) in [5.74, 6) is -0.191. The zero-order valence-electron chi connectivity index (χ0n) is 15.4. The molecule has 2 aliphatic rings. The number of aromatic amines is 1. The van der Waals surface area contributed by atoms with Crippen LogP contribution in [0.15, 0.2) is 29.1 Å². The summed E-state index contributed by atoms with van der Waals surface area (Å²) in [5, 5.41) is 2.79. The fraction of sp³-hybridized carbons (Fsp3) is 0.381. The molecular weight excluding hydrogens is 342 g/mol. The van der Waals surface area contributed by atoms with E-state index in [2.05, 4.69) is 10.3 Å². The lowest BCUT2D eigenvalue weighted by atomic mass is 9.91. The van der Waals surface area contributed by atoms with Gasteiger partial charge in [-0.2, -0.15) is 0 Å². The molecule has 0 saturated carbocycles. The zero-order valence-corrected chi connectivity index (χ0v) is 15.4. The molecule has 0 bridgehead atoms. The molecule has 1 aliphatic heterocycles. The molecule has 0 unspecified atom stereocenters. The van der Waals surface area contributed by atoms with Crippen molar-refractivity contribution in [3.8, 4) is 0 Å². The van der Waals surface area contributed by atoms with Gasteiger partial charge in [-0.15, -0.1) is 0 Å². The van der Waals surface area contributed by atoms with Crippen molar-refractivity contribution < 1.29 is 9.59 Å². The van der Waals surface area contributed by atoms with Crippen LogP contribution >= 0.6 is 0 Å². The number of nitrogens with zero attached hydrogens (tertiary/aromatic N) is 1. The molecule has 0 fully saturated rings. The number of aromatic nitrogens is 1. The number of fused-ring (bicyclic) bond motifs is 2. The maximum atomic E-state index is 13.2. The lowest BCUT2D eigenvalue weighted by Crippen LogP contribution is -2.37. The normalized spacial score (nSPS) is 15.7. The van der Waals surface area contributed by atoms with E-state index in [1.807, 2.05) is 23.1 Å². The molecule has 0 radical (unpaired) electrons. The average molecular weight is 365 g/mol. The summed E-state index contributed by atoms with van der Waals surface area (Å²) in [5.41, 5.74) is 5.25. The van der Waals surface area contributed by atoms with Crippen molar-refractivity contribution >= 4 is 17.5 Å². The summed E-state index contributed by atoms with van der Waals surface area (Å²) in [6.07, 6.45) is 4.53. The first kappa shape index (κ1) is 17.5. The van der Waals surface area contributed by atoms with Gasteiger partial charge in [0.15, 0.2) is 0 Å². The van der Waals surface area contributed by atoms with Crippen molar-refractivity contribution in [3.05, 3.63) is 62.6 Å². The number of anilines is 1. The van der Waals surface area contributed by atoms with Crippen molar-refractivity contribution in [3.63, 3.8) is 0 Å². The second-order valence-corrected chi connectivity index (χ2v) is 7.35. The third-order valence-corrected chi connectivity index (χ3v) is 5.40. The van der Waals surface area contributed by atoms with Crippen LogP contribution in [0.25, 0.3) is 0 Å². The van der Waals surface area contributed by atoms with Crippen molar-refractivity contribution in [2.75, 3.05) is 11.9 Å². The molecule has 6 nitrogen and oxygen atoms in total. The smallest absolute Gasteiger partial charge is 0.254 e. The fourth-order valence-corrected chi connectivity index (χ4v) is 4.12. The molecule has 1 aromatic carbocycles. The molecule has 2 aromatic rings. The second-order valence-electron chi connectivity index (χ2n) is 7.35. The average Bonchev–Trinajstić information content (AvgIpc) is 2.65. The van der Waals surface area contributed by atoms with E-state index >= 15 is 0 Å². The number of hydrogen-bond acceptors (Lipinski definition) is 3. The highest BCUT2D eigenvalue weighted by Crippen LogP contribution is 2.26. The third-order valence-electron chi connectivity index (χ3n) is 5.40. The van der Waals surface area contributed by atoms with Crippen molar-refractivity contribution in [2.45, 2.75) is 45.6 Å². The number of carbonyl (C=O) groups excluding carboxylic acids is 2. The number of pyridine rings is 1. The minimum atomic E-state index is -0.204. The second kappa shape index (κ2) is 7.02. The molecule has 140 valence electrons. The Labute approximate surface area is 157 Å². The highest BCUT2D eigenvalue weighted by molar-refractivity contribution is 5.96. The van der Waals surface area contributed by atoms with Crippen molar-refractivity contribution in [1.29, 1.82) is 0 Å². The first-order chi connectivity index (χ1) is 13.0. The van der Waals surface area contributed by atoms with Gasteiger partial charge < -0.3 is 15.2 Å². The highest BCUT2D eigenvalue weighted by Gasteiger charge is 2.26. The lowest BCUT2D eigenvalue weighted by molar-refractivity contribution is -0.114. The van der Waals surface area contributed by atoms with Crippen LogP contribution in [0.2, 0.25) is 0 Å². The third kappa shape index (κ3) is 3.52.